The Bertz CT molecular complexity index is 3710. The van der Waals surface area contributed by atoms with Crippen molar-refractivity contribution in [2.24, 2.45) is 0 Å². The van der Waals surface area contributed by atoms with Crippen LogP contribution in [0.2, 0.25) is 0 Å². The zero-order chi connectivity index (χ0) is 49.8. The van der Waals surface area contributed by atoms with Crippen molar-refractivity contribution < 1.29 is 35.9 Å². The first-order chi connectivity index (χ1) is 31.9. The molecule has 45 heavy (non-hydrogen) atoms. The van der Waals surface area contributed by atoms with Crippen LogP contribution in [0.25, 0.3) is 88.0 Å². The highest BCUT2D eigenvalue weighted by Gasteiger charge is 2.17. The molecule has 0 fully saturated rings. The molecule has 9 aromatic rings. The van der Waals surface area contributed by atoms with E-state index in [-0.39, 0.29) is 27.3 Å². The second-order valence-corrected chi connectivity index (χ2v) is 9.88. The lowest BCUT2D eigenvalue weighted by Gasteiger charge is -2.18. The third-order valence-electron chi connectivity index (χ3n) is 7.37. The predicted molar refractivity (Wildman–Crippen MR) is 190 cm³/mol. The normalized spacial score (nSPS) is 18.7. The summed E-state index contributed by atoms with van der Waals surface area (Å²) in [6.45, 7) is 0. The molecule has 1 nitrogen and oxygen atoms in total. The largest absolute Gasteiger partial charge is 0.455 e. The van der Waals surface area contributed by atoms with Gasteiger partial charge in [0, 0.05) is 16.3 Å². The molecule has 0 radical (unpaired) electrons. The van der Waals surface area contributed by atoms with Crippen molar-refractivity contribution in [3.8, 4) is 44.5 Å². The van der Waals surface area contributed by atoms with Crippen LogP contribution in [-0.2, 0) is 0 Å². The lowest BCUT2D eigenvalue weighted by Crippen LogP contribution is -1.90. The smallest absolute Gasteiger partial charge is 0.143 e. The van der Waals surface area contributed by atoms with Crippen LogP contribution in [0.5, 0.6) is 0 Å². The molecule has 0 aliphatic rings. The number of fused-ring (bicyclic) bond motifs is 5. The summed E-state index contributed by atoms with van der Waals surface area (Å²) in [5.74, 6) is 0. The van der Waals surface area contributed by atoms with E-state index in [9.17, 15) is 9.60 Å². The van der Waals surface area contributed by atoms with E-state index in [0.29, 0.717) is 0 Å². The Kier molecular flexibility index (Phi) is 2.66. The maximum atomic E-state index is 9.52. The van der Waals surface area contributed by atoms with Crippen molar-refractivity contribution in [3.63, 3.8) is 0 Å². The number of benzene rings is 8. The third kappa shape index (κ3) is 4.17. The summed E-state index contributed by atoms with van der Waals surface area (Å²) >= 11 is 0. The molecule has 9 rings (SSSR count). The maximum Gasteiger partial charge on any atom is 0.143 e. The molecule has 0 spiro atoms. The summed E-state index contributed by atoms with van der Waals surface area (Å²) in [7, 11) is 0. The van der Waals surface area contributed by atoms with Crippen LogP contribution >= 0.6 is 0 Å². The second kappa shape index (κ2) is 10.4. The van der Waals surface area contributed by atoms with Gasteiger partial charge in [0.2, 0.25) is 0 Å². The molecule has 0 amide bonds. The van der Waals surface area contributed by atoms with Gasteiger partial charge in [-0.1, -0.05) is 157 Å². The van der Waals surface area contributed by atoms with Gasteiger partial charge in [0.05, 0.1) is 31.5 Å². The molecule has 8 aromatic carbocycles. The molecular formula is C44H28O. The molecule has 0 unspecified atom stereocenters. The highest BCUT2D eigenvalue weighted by molar-refractivity contribution is 6.21. The van der Waals surface area contributed by atoms with Gasteiger partial charge in [0.1, 0.15) is 11.2 Å². The average molecular weight is 596 g/mol. The van der Waals surface area contributed by atoms with Crippen LogP contribution < -0.4 is 0 Å². The standard InChI is InChI=1S/C44H28O/c1-2-12-30(13-3-1)42-36-17-4-6-19-38(36)43(39-20-7-5-18-37(39)42)31-26-24-29(25-27-31)32-14-10-15-33(28-32)34-21-11-22-40-35-16-8-9-23-41(35)45-44(34)40/h1-28H/i4D,5D,6D,7D,8D,9D,10D,11D,14D,15D,16D,17D,18D,19D,20D,21D,22D,23D,24D,25D,26D,27D,28D. The molecule has 0 saturated heterocycles. The predicted octanol–water partition coefficient (Wildman–Crippen LogP) is 12.6. The SMILES string of the molecule is [2H]c1c([2H])c(-c2c([2H])c([2H])c(-c3c4c([2H])c([2H])c([2H])c([2H])c4c(-c4ccccc4)c4c([2H])c([2H])c([2H])c([2H])c34)c([2H])c2[2H])c([2H])c(-c2c([2H])c([2H])c([2H])c3c2oc2c([2H])c([2H])c([2H])c([2H])c23)c1[2H]. The summed E-state index contributed by atoms with van der Waals surface area (Å²) in [5, 5.41) is -2.12. The lowest BCUT2D eigenvalue weighted by molar-refractivity contribution is 0.670. The summed E-state index contributed by atoms with van der Waals surface area (Å²) in [4.78, 5) is 0. The van der Waals surface area contributed by atoms with Crippen LogP contribution in [0.15, 0.2) is 174 Å². The van der Waals surface area contributed by atoms with Crippen LogP contribution in [0.3, 0.4) is 0 Å². The number of hydrogen-bond donors (Lipinski definition) is 0. The number of rotatable bonds is 4. The molecule has 0 saturated carbocycles. The van der Waals surface area contributed by atoms with E-state index in [1.54, 1.807) is 30.3 Å². The van der Waals surface area contributed by atoms with Crippen molar-refractivity contribution in [2.75, 3.05) is 0 Å². The molecule has 1 aromatic heterocycles. The average Bonchev–Trinajstić information content (AvgIpc) is 3.73. The van der Waals surface area contributed by atoms with Gasteiger partial charge in [-0.25, -0.2) is 0 Å². The quantitative estimate of drug-likeness (QED) is 0.184. The van der Waals surface area contributed by atoms with Crippen molar-refractivity contribution in [3.05, 3.63) is 169 Å². The highest BCUT2D eigenvalue weighted by atomic mass is 16.3. The summed E-state index contributed by atoms with van der Waals surface area (Å²) in [6.07, 6.45) is 0. The van der Waals surface area contributed by atoms with Crippen LogP contribution in [0.4, 0.5) is 0 Å². The number of hydrogen-bond acceptors (Lipinski definition) is 1. The topological polar surface area (TPSA) is 13.1 Å². The summed E-state index contributed by atoms with van der Waals surface area (Å²) in [6, 6.07) is -10.8. The Hall–Kier alpha value is -5.92. The molecule has 0 atom stereocenters. The molecule has 0 aliphatic heterocycles. The minimum absolute atomic E-state index is 0.0336. The van der Waals surface area contributed by atoms with E-state index in [1.165, 1.54) is 0 Å². The molecule has 1 heteroatoms. The fourth-order valence-electron chi connectivity index (χ4n) is 5.43. The zero-order valence-electron chi connectivity index (χ0n) is 45.8. The van der Waals surface area contributed by atoms with Crippen molar-refractivity contribution in [2.45, 2.75) is 0 Å². The van der Waals surface area contributed by atoms with Gasteiger partial charge in [-0.2, -0.15) is 0 Å². The van der Waals surface area contributed by atoms with Gasteiger partial charge in [0.15, 0.2) is 0 Å². The van der Waals surface area contributed by atoms with Crippen LogP contribution in [0.1, 0.15) is 31.5 Å². The second-order valence-electron chi connectivity index (χ2n) is 9.88. The molecular weight excluding hydrogens is 544 g/mol. The molecule has 1 heterocycles. The van der Waals surface area contributed by atoms with Gasteiger partial charge in [-0.05, 0) is 72.6 Å². The molecule has 0 aliphatic carbocycles. The van der Waals surface area contributed by atoms with Crippen molar-refractivity contribution in [1.29, 1.82) is 0 Å². The first kappa shape index (κ1) is 11.5. The first-order valence-electron chi connectivity index (χ1n) is 25.1. The Balaban J connectivity index is 1.45. The van der Waals surface area contributed by atoms with E-state index in [4.69, 9.17) is 26.3 Å². The van der Waals surface area contributed by atoms with Crippen molar-refractivity contribution >= 4 is 43.5 Å². The minimum atomic E-state index is -1.01. The minimum Gasteiger partial charge on any atom is -0.455 e. The van der Waals surface area contributed by atoms with Gasteiger partial charge < -0.3 is 4.42 Å². The van der Waals surface area contributed by atoms with Crippen LogP contribution in [0, 0.1) is 0 Å². The van der Waals surface area contributed by atoms with E-state index in [0.717, 1.165) is 0 Å². The van der Waals surface area contributed by atoms with Crippen molar-refractivity contribution in [1.82, 2.24) is 0 Å². The monoisotopic (exact) mass is 595 g/mol. The lowest BCUT2D eigenvalue weighted by atomic mass is 9.85. The summed E-state index contributed by atoms with van der Waals surface area (Å²) in [5.41, 5.74) is -4.95. The van der Waals surface area contributed by atoms with Gasteiger partial charge in [-0.3, -0.25) is 0 Å². The van der Waals surface area contributed by atoms with Crippen LogP contribution in [-0.4, -0.2) is 0 Å². The molecule has 0 N–H and O–H groups in total. The summed E-state index contributed by atoms with van der Waals surface area (Å²) < 4.78 is 211. The highest BCUT2D eigenvalue weighted by Crippen LogP contribution is 2.44. The Labute approximate surface area is 293 Å². The first-order valence-corrected chi connectivity index (χ1v) is 13.6. The van der Waals surface area contributed by atoms with E-state index < -0.39 is 200 Å². The Morgan fingerprint density at radius 2 is 0.911 bits per heavy atom. The van der Waals surface area contributed by atoms with E-state index >= 15 is 0 Å². The zero-order valence-corrected chi connectivity index (χ0v) is 22.8. The fourth-order valence-corrected chi connectivity index (χ4v) is 5.43. The molecule has 0 bridgehead atoms. The van der Waals surface area contributed by atoms with E-state index in [2.05, 4.69) is 0 Å². The number of furan rings is 1. The number of para-hydroxylation sites is 2. The fraction of sp³-hybridized carbons (Fsp3) is 0. The van der Waals surface area contributed by atoms with E-state index in [1.807, 2.05) is 0 Å². The molecule has 210 valence electrons. The maximum absolute atomic E-state index is 9.52. The third-order valence-corrected chi connectivity index (χ3v) is 7.37. The Morgan fingerprint density at radius 1 is 0.378 bits per heavy atom. The van der Waals surface area contributed by atoms with Gasteiger partial charge in [0.25, 0.3) is 0 Å². The Morgan fingerprint density at radius 3 is 1.60 bits per heavy atom. The van der Waals surface area contributed by atoms with Gasteiger partial charge >= 0.3 is 0 Å². The van der Waals surface area contributed by atoms with Gasteiger partial charge in [-0.15, -0.1) is 0 Å².